The van der Waals surface area contributed by atoms with E-state index in [0.29, 0.717) is 21.2 Å². The quantitative estimate of drug-likeness (QED) is 0.428. The minimum atomic E-state index is -0.183. The minimum Gasteiger partial charge on any atom is -0.395 e. The van der Waals surface area contributed by atoms with Gasteiger partial charge < -0.3 is 14.9 Å². The van der Waals surface area contributed by atoms with Gasteiger partial charge in [-0.1, -0.05) is 47.5 Å². The summed E-state index contributed by atoms with van der Waals surface area (Å²) in [5, 5.41) is 19.5. The summed E-state index contributed by atoms with van der Waals surface area (Å²) in [6.45, 7) is 4.68. The molecule has 1 amide bonds. The fourth-order valence-electron chi connectivity index (χ4n) is 4.81. The minimum absolute atomic E-state index is 0.0166. The van der Waals surface area contributed by atoms with Crippen molar-refractivity contribution in [2.75, 3.05) is 44.7 Å². The molecule has 192 valence electrons. The van der Waals surface area contributed by atoms with Crippen LogP contribution in [0.2, 0.25) is 10.0 Å². The standard InChI is InChI=1S/C29H30Cl2N4O2/c1-20(22-5-3-21(18-32)4-6-22)34-13-14-35(28(19-34)23-7-10-25(30)11-8-23)27-12-9-24(17-26(27)31)29(37)33(2)15-16-36/h3-12,17,20,28,36H,13-16,19H2,1-2H3/t20-,28+/m1/s1. The van der Waals surface area contributed by atoms with E-state index in [-0.39, 0.29) is 31.1 Å². The van der Waals surface area contributed by atoms with Crippen LogP contribution in [0.15, 0.2) is 66.7 Å². The van der Waals surface area contributed by atoms with Crippen molar-refractivity contribution in [1.82, 2.24) is 9.80 Å². The highest BCUT2D eigenvalue weighted by molar-refractivity contribution is 6.33. The fraction of sp³-hybridized carbons (Fsp3) is 0.310. The lowest BCUT2D eigenvalue weighted by Crippen LogP contribution is -2.49. The highest BCUT2D eigenvalue weighted by Gasteiger charge is 2.32. The van der Waals surface area contributed by atoms with Gasteiger partial charge in [0.15, 0.2) is 0 Å². The van der Waals surface area contributed by atoms with E-state index in [0.717, 1.165) is 36.4 Å². The monoisotopic (exact) mass is 536 g/mol. The largest absolute Gasteiger partial charge is 0.395 e. The molecule has 0 bridgehead atoms. The number of likely N-dealkylation sites (N-methyl/N-ethyl adjacent to an activating group) is 1. The number of carbonyl (C=O) groups is 1. The molecule has 6 nitrogen and oxygen atoms in total. The second-order valence-electron chi connectivity index (χ2n) is 9.28. The maximum atomic E-state index is 12.7. The van der Waals surface area contributed by atoms with Crippen LogP contribution in [0.25, 0.3) is 0 Å². The molecule has 0 aliphatic carbocycles. The molecular weight excluding hydrogens is 507 g/mol. The summed E-state index contributed by atoms with van der Waals surface area (Å²) in [5.41, 5.74) is 4.30. The zero-order chi connectivity index (χ0) is 26.5. The van der Waals surface area contributed by atoms with Crippen molar-refractivity contribution in [3.8, 4) is 6.07 Å². The number of hydrogen-bond acceptors (Lipinski definition) is 5. The van der Waals surface area contributed by atoms with E-state index in [1.54, 1.807) is 19.2 Å². The summed E-state index contributed by atoms with van der Waals surface area (Å²) in [6, 6.07) is 23.4. The fourth-order valence-corrected chi connectivity index (χ4v) is 5.22. The molecule has 1 aliphatic heterocycles. The lowest BCUT2D eigenvalue weighted by molar-refractivity contribution is 0.0767. The van der Waals surface area contributed by atoms with Gasteiger partial charge in [-0.05, 0) is 60.5 Å². The van der Waals surface area contributed by atoms with Crippen molar-refractivity contribution in [3.05, 3.63) is 99.0 Å². The summed E-state index contributed by atoms with van der Waals surface area (Å²) in [5.74, 6) is -0.183. The van der Waals surface area contributed by atoms with Crippen LogP contribution in [0.4, 0.5) is 5.69 Å². The van der Waals surface area contributed by atoms with Gasteiger partial charge in [-0.15, -0.1) is 0 Å². The van der Waals surface area contributed by atoms with E-state index in [1.165, 1.54) is 4.90 Å². The van der Waals surface area contributed by atoms with E-state index >= 15 is 0 Å². The number of aliphatic hydroxyl groups is 1. The van der Waals surface area contributed by atoms with Gasteiger partial charge in [0.25, 0.3) is 5.91 Å². The molecule has 4 rings (SSSR count). The van der Waals surface area contributed by atoms with Gasteiger partial charge in [-0.2, -0.15) is 5.26 Å². The van der Waals surface area contributed by atoms with Crippen molar-refractivity contribution >= 4 is 34.8 Å². The van der Waals surface area contributed by atoms with E-state index in [4.69, 9.17) is 33.6 Å². The Morgan fingerprint density at radius 1 is 1.11 bits per heavy atom. The summed E-state index contributed by atoms with van der Waals surface area (Å²) < 4.78 is 0. The summed E-state index contributed by atoms with van der Waals surface area (Å²) >= 11 is 13.0. The van der Waals surface area contributed by atoms with Gasteiger partial charge >= 0.3 is 0 Å². The molecule has 8 heteroatoms. The van der Waals surface area contributed by atoms with Gasteiger partial charge in [-0.25, -0.2) is 0 Å². The van der Waals surface area contributed by atoms with Gasteiger partial charge in [0.05, 0.1) is 35.0 Å². The number of anilines is 1. The molecule has 2 atom stereocenters. The Hall–Kier alpha value is -3.08. The molecule has 0 radical (unpaired) electrons. The van der Waals surface area contributed by atoms with Crippen molar-refractivity contribution < 1.29 is 9.90 Å². The first-order chi connectivity index (χ1) is 17.8. The molecule has 1 N–H and O–H groups in total. The average Bonchev–Trinajstić information content (AvgIpc) is 2.92. The van der Waals surface area contributed by atoms with Gasteiger partial charge in [0.2, 0.25) is 0 Å². The summed E-state index contributed by atoms with van der Waals surface area (Å²) in [7, 11) is 1.66. The van der Waals surface area contributed by atoms with Gasteiger partial charge in [0, 0.05) is 49.9 Å². The van der Waals surface area contributed by atoms with Crippen LogP contribution in [0.1, 0.15) is 46.1 Å². The van der Waals surface area contributed by atoms with Crippen LogP contribution in [0.5, 0.6) is 0 Å². The van der Waals surface area contributed by atoms with Crippen LogP contribution >= 0.6 is 23.2 Å². The SMILES string of the molecule is C[C@H](c1ccc(C#N)cc1)N1CCN(c2ccc(C(=O)N(C)CCO)cc2Cl)[C@H](c2ccc(Cl)cc2)C1. The molecule has 1 aliphatic rings. The van der Waals surface area contributed by atoms with E-state index < -0.39 is 0 Å². The molecule has 1 fully saturated rings. The Balaban J connectivity index is 1.62. The van der Waals surface area contributed by atoms with Crippen LogP contribution in [0.3, 0.4) is 0 Å². The Bertz CT molecular complexity index is 1270. The Kier molecular flexibility index (Phi) is 8.73. The molecule has 0 saturated carbocycles. The van der Waals surface area contributed by atoms with Gasteiger partial charge in [-0.3, -0.25) is 9.69 Å². The maximum absolute atomic E-state index is 12.7. The van der Waals surface area contributed by atoms with Crippen LogP contribution < -0.4 is 4.90 Å². The lowest BCUT2D eigenvalue weighted by Gasteiger charge is -2.45. The zero-order valence-electron chi connectivity index (χ0n) is 20.9. The topological polar surface area (TPSA) is 70.8 Å². The van der Waals surface area contributed by atoms with Crippen molar-refractivity contribution in [3.63, 3.8) is 0 Å². The van der Waals surface area contributed by atoms with Gasteiger partial charge in [0.1, 0.15) is 0 Å². The number of hydrogen-bond donors (Lipinski definition) is 1. The molecule has 0 unspecified atom stereocenters. The predicted molar refractivity (Wildman–Crippen MR) is 148 cm³/mol. The Labute approximate surface area is 228 Å². The number of piperazine rings is 1. The van der Waals surface area contributed by atoms with E-state index in [9.17, 15) is 4.79 Å². The number of carbonyl (C=O) groups excluding carboxylic acids is 1. The molecule has 37 heavy (non-hydrogen) atoms. The first-order valence-corrected chi connectivity index (χ1v) is 13.0. The molecule has 0 spiro atoms. The highest BCUT2D eigenvalue weighted by atomic mass is 35.5. The number of aliphatic hydroxyl groups excluding tert-OH is 1. The maximum Gasteiger partial charge on any atom is 0.253 e. The van der Waals surface area contributed by atoms with Crippen LogP contribution in [-0.4, -0.2) is 60.6 Å². The Morgan fingerprint density at radius 2 is 1.81 bits per heavy atom. The third kappa shape index (κ3) is 6.08. The number of nitriles is 1. The normalized spacial score (nSPS) is 16.8. The number of rotatable bonds is 7. The Morgan fingerprint density at radius 3 is 2.43 bits per heavy atom. The third-order valence-corrected chi connectivity index (χ3v) is 7.58. The first-order valence-electron chi connectivity index (χ1n) is 12.2. The highest BCUT2D eigenvalue weighted by Crippen LogP contribution is 2.38. The number of amides is 1. The average molecular weight is 537 g/mol. The first kappa shape index (κ1) is 27.0. The van der Waals surface area contributed by atoms with Crippen LogP contribution in [-0.2, 0) is 0 Å². The van der Waals surface area contributed by atoms with E-state index in [2.05, 4.69) is 22.8 Å². The van der Waals surface area contributed by atoms with Crippen molar-refractivity contribution in [1.29, 1.82) is 5.26 Å². The molecule has 1 heterocycles. The number of nitrogens with zero attached hydrogens (tertiary/aromatic N) is 4. The molecule has 3 aromatic carbocycles. The molecular formula is C29H30Cl2N4O2. The molecule has 1 saturated heterocycles. The lowest BCUT2D eigenvalue weighted by atomic mass is 9.98. The second-order valence-corrected chi connectivity index (χ2v) is 10.1. The summed E-state index contributed by atoms with van der Waals surface area (Å²) in [6.07, 6.45) is 0. The second kappa shape index (κ2) is 12.0. The van der Waals surface area contributed by atoms with Crippen LogP contribution in [0, 0.1) is 11.3 Å². The smallest absolute Gasteiger partial charge is 0.253 e. The predicted octanol–water partition coefficient (Wildman–Crippen LogP) is 5.55. The zero-order valence-corrected chi connectivity index (χ0v) is 22.5. The van der Waals surface area contributed by atoms with Crippen molar-refractivity contribution in [2.45, 2.75) is 19.0 Å². The summed E-state index contributed by atoms with van der Waals surface area (Å²) in [4.78, 5) is 18.9. The van der Waals surface area contributed by atoms with Crippen molar-refractivity contribution in [2.24, 2.45) is 0 Å². The molecule has 0 aromatic heterocycles. The van der Waals surface area contributed by atoms with E-state index in [1.807, 2.05) is 54.6 Å². The molecule has 3 aromatic rings. The third-order valence-electron chi connectivity index (χ3n) is 7.02. The number of halogens is 2. The number of benzene rings is 3.